The molecule has 2 aliphatic rings. The SMILES string of the molecule is COc1cccc(NC(=O)c2nc3c(s2)CCN(CC2CCCCC2)CC3)c1. The number of anilines is 1. The third-order valence-corrected chi connectivity index (χ3v) is 7.02. The zero-order valence-corrected chi connectivity index (χ0v) is 17.4. The van der Waals surface area contributed by atoms with Crippen molar-refractivity contribution in [3.8, 4) is 5.75 Å². The third-order valence-electron chi connectivity index (χ3n) is 5.86. The molecule has 5 nitrogen and oxygen atoms in total. The average Bonchev–Trinajstić information content (AvgIpc) is 3.05. The van der Waals surface area contributed by atoms with Crippen molar-refractivity contribution in [2.24, 2.45) is 5.92 Å². The van der Waals surface area contributed by atoms with E-state index in [1.165, 1.54) is 43.5 Å². The Morgan fingerprint density at radius 2 is 2.07 bits per heavy atom. The van der Waals surface area contributed by atoms with Gasteiger partial charge in [-0.1, -0.05) is 25.3 Å². The van der Waals surface area contributed by atoms with Gasteiger partial charge in [0.05, 0.1) is 12.8 Å². The number of carbonyl (C=O) groups excluding carboxylic acids is 1. The van der Waals surface area contributed by atoms with Crippen LogP contribution < -0.4 is 10.1 Å². The zero-order chi connectivity index (χ0) is 19.3. The molecule has 0 atom stereocenters. The van der Waals surface area contributed by atoms with E-state index in [4.69, 9.17) is 4.74 Å². The highest BCUT2D eigenvalue weighted by atomic mass is 32.1. The lowest BCUT2D eigenvalue weighted by atomic mass is 9.89. The molecule has 0 saturated heterocycles. The molecule has 1 fully saturated rings. The summed E-state index contributed by atoms with van der Waals surface area (Å²) in [6, 6.07) is 7.41. The van der Waals surface area contributed by atoms with Gasteiger partial charge in [-0.2, -0.15) is 0 Å². The van der Waals surface area contributed by atoms with Crippen LogP contribution in [0, 0.1) is 5.92 Å². The van der Waals surface area contributed by atoms with Gasteiger partial charge < -0.3 is 15.0 Å². The van der Waals surface area contributed by atoms with Crippen molar-refractivity contribution in [2.75, 3.05) is 32.1 Å². The van der Waals surface area contributed by atoms with Crippen LogP contribution in [0.15, 0.2) is 24.3 Å². The van der Waals surface area contributed by atoms with Crippen LogP contribution in [0.1, 0.15) is 52.5 Å². The van der Waals surface area contributed by atoms with E-state index in [2.05, 4.69) is 15.2 Å². The van der Waals surface area contributed by atoms with Crippen LogP contribution in [-0.4, -0.2) is 42.5 Å². The van der Waals surface area contributed by atoms with Crippen molar-refractivity contribution >= 4 is 22.9 Å². The van der Waals surface area contributed by atoms with E-state index in [9.17, 15) is 4.79 Å². The van der Waals surface area contributed by atoms with Crippen molar-refractivity contribution in [3.63, 3.8) is 0 Å². The molecule has 150 valence electrons. The second-order valence-electron chi connectivity index (χ2n) is 7.88. The Hall–Kier alpha value is -1.92. The number of nitrogens with zero attached hydrogens (tertiary/aromatic N) is 2. The summed E-state index contributed by atoms with van der Waals surface area (Å²) < 4.78 is 5.22. The van der Waals surface area contributed by atoms with Gasteiger partial charge in [0, 0.05) is 42.7 Å². The first-order chi connectivity index (χ1) is 13.7. The summed E-state index contributed by atoms with van der Waals surface area (Å²) in [6.07, 6.45) is 8.96. The molecule has 0 spiro atoms. The van der Waals surface area contributed by atoms with Crippen LogP contribution in [0.4, 0.5) is 5.69 Å². The normalized spacial score (nSPS) is 18.3. The lowest BCUT2D eigenvalue weighted by Crippen LogP contribution is -2.32. The first-order valence-electron chi connectivity index (χ1n) is 10.4. The van der Waals surface area contributed by atoms with Gasteiger partial charge in [-0.3, -0.25) is 4.79 Å². The van der Waals surface area contributed by atoms with Crippen molar-refractivity contribution in [1.82, 2.24) is 9.88 Å². The molecule has 1 aromatic heterocycles. The topological polar surface area (TPSA) is 54.5 Å². The minimum atomic E-state index is -0.134. The molecule has 6 heteroatoms. The maximum Gasteiger partial charge on any atom is 0.284 e. The first kappa shape index (κ1) is 19.4. The van der Waals surface area contributed by atoms with E-state index in [0.29, 0.717) is 5.01 Å². The number of benzene rings is 1. The summed E-state index contributed by atoms with van der Waals surface area (Å²) in [5.41, 5.74) is 1.85. The summed E-state index contributed by atoms with van der Waals surface area (Å²) >= 11 is 1.55. The van der Waals surface area contributed by atoms with Gasteiger partial charge in [0.2, 0.25) is 0 Å². The summed E-state index contributed by atoms with van der Waals surface area (Å²) in [7, 11) is 1.62. The molecule has 1 N–H and O–H groups in total. The number of rotatable bonds is 5. The molecule has 1 aliphatic carbocycles. The lowest BCUT2D eigenvalue weighted by molar-refractivity contribution is 0.102. The highest BCUT2D eigenvalue weighted by Crippen LogP contribution is 2.27. The molecule has 1 amide bonds. The fraction of sp³-hybridized carbons (Fsp3) is 0.545. The number of aromatic nitrogens is 1. The number of hydrogen-bond donors (Lipinski definition) is 1. The Kier molecular flexibility index (Phi) is 6.27. The molecular weight excluding hydrogens is 370 g/mol. The summed E-state index contributed by atoms with van der Waals surface area (Å²) in [4.78, 5) is 21.2. The highest BCUT2D eigenvalue weighted by Gasteiger charge is 2.23. The largest absolute Gasteiger partial charge is 0.497 e. The maximum atomic E-state index is 12.6. The van der Waals surface area contributed by atoms with Crippen LogP contribution >= 0.6 is 11.3 Å². The fourth-order valence-corrected chi connectivity index (χ4v) is 5.30. The molecule has 1 saturated carbocycles. The molecule has 2 heterocycles. The Morgan fingerprint density at radius 3 is 2.89 bits per heavy atom. The molecule has 4 rings (SSSR count). The Labute approximate surface area is 171 Å². The van der Waals surface area contributed by atoms with Crippen molar-refractivity contribution in [2.45, 2.75) is 44.9 Å². The molecule has 1 aliphatic heterocycles. The lowest BCUT2D eigenvalue weighted by Gasteiger charge is -2.28. The van der Waals surface area contributed by atoms with E-state index in [0.717, 1.165) is 49.0 Å². The molecule has 28 heavy (non-hydrogen) atoms. The second-order valence-corrected chi connectivity index (χ2v) is 8.96. The molecule has 1 aromatic carbocycles. The Morgan fingerprint density at radius 1 is 1.25 bits per heavy atom. The highest BCUT2D eigenvalue weighted by molar-refractivity contribution is 7.13. The number of fused-ring (bicyclic) bond motifs is 1. The number of thiazole rings is 1. The van der Waals surface area contributed by atoms with E-state index >= 15 is 0 Å². The number of nitrogens with one attached hydrogen (secondary N) is 1. The number of amides is 1. The Bertz CT molecular complexity index is 788. The van der Waals surface area contributed by atoms with Crippen molar-refractivity contribution in [3.05, 3.63) is 39.8 Å². The second kappa shape index (κ2) is 9.05. The predicted octanol–water partition coefficient (Wildman–Crippen LogP) is 4.38. The maximum absolute atomic E-state index is 12.6. The van der Waals surface area contributed by atoms with E-state index < -0.39 is 0 Å². The van der Waals surface area contributed by atoms with Crippen molar-refractivity contribution in [1.29, 1.82) is 0 Å². The fourth-order valence-electron chi connectivity index (χ4n) is 4.31. The van der Waals surface area contributed by atoms with Gasteiger partial charge in [0.25, 0.3) is 5.91 Å². The van der Waals surface area contributed by atoms with Crippen LogP contribution in [0.3, 0.4) is 0 Å². The van der Waals surface area contributed by atoms with Gasteiger partial charge >= 0.3 is 0 Å². The minimum Gasteiger partial charge on any atom is -0.497 e. The average molecular weight is 400 g/mol. The number of hydrogen-bond acceptors (Lipinski definition) is 5. The standard InChI is InChI=1S/C22H29N3O2S/c1-27-18-9-5-8-17(14-18)23-21(26)22-24-19-10-12-25(13-11-20(19)28-22)15-16-6-3-2-4-7-16/h5,8-9,14,16H,2-4,6-7,10-13,15H2,1H3,(H,23,26). The van der Waals surface area contributed by atoms with Gasteiger partial charge in [-0.25, -0.2) is 4.98 Å². The van der Waals surface area contributed by atoms with Gasteiger partial charge in [0.1, 0.15) is 5.75 Å². The monoisotopic (exact) mass is 399 g/mol. The van der Waals surface area contributed by atoms with Crippen LogP contribution in [0.5, 0.6) is 5.75 Å². The van der Waals surface area contributed by atoms with Gasteiger partial charge in [0.15, 0.2) is 5.01 Å². The van der Waals surface area contributed by atoms with Crippen molar-refractivity contribution < 1.29 is 9.53 Å². The number of methoxy groups -OCH3 is 1. The smallest absolute Gasteiger partial charge is 0.284 e. The quantitative estimate of drug-likeness (QED) is 0.810. The molecule has 0 unspecified atom stereocenters. The zero-order valence-electron chi connectivity index (χ0n) is 16.6. The van der Waals surface area contributed by atoms with Gasteiger partial charge in [-0.15, -0.1) is 11.3 Å². The van der Waals surface area contributed by atoms with Crippen LogP contribution in [0.25, 0.3) is 0 Å². The number of ether oxygens (including phenoxy) is 1. The Balaban J connectivity index is 1.36. The molecular formula is C22H29N3O2S. The first-order valence-corrected chi connectivity index (χ1v) is 11.2. The minimum absolute atomic E-state index is 0.134. The van der Waals surface area contributed by atoms with E-state index in [1.807, 2.05) is 24.3 Å². The van der Waals surface area contributed by atoms with Crippen LogP contribution in [0.2, 0.25) is 0 Å². The summed E-state index contributed by atoms with van der Waals surface area (Å²) in [6.45, 7) is 3.38. The summed E-state index contributed by atoms with van der Waals surface area (Å²) in [5, 5.41) is 3.50. The predicted molar refractivity (Wildman–Crippen MR) is 113 cm³/mol. The van der Waals surface area contributed by atoms with E-state index in [1.54, 1.807) is 18.4 Å². The summed E-state index contributed by atoms with van der Waals surface area (Å²) in [5.74, 6) is 1.47. The van der Waals surface area contributed by atoms with Crippen LogP contribution in [-0.2, 0) is 12.8 Å². The molecule has 0 bridgehead atoms. The third kappa shape index (κ3) is 4.73. The molecule has 2 aromatic rings. The van der Waals surface area contributed by atoms with E-state index in [-0.39, 0.29) is 5.91 Å². The number of carbonyl (C=O) groups is 1. The van der Waals surface area contributed by atoms with Gasteiger partial charge in [-0.05, 0) is 37.3 Å². The molecule has 0 radical (unpaired) electrons.